The van der Waals surface area contributed by atoms with E-state index >= 15 is 0 Å². The Bertz CT molecular complexity index is 320. The van der Waals surface area contributed by atoms with Crippen molar-refractivity contribution in [3.05, 3.63) is 28.2 Å². The fourth-order valence-corrected chi connectivity index (χ4v) is 1.85. The maximum atomic E-state index is 10.6. The van der Waals surface area contributed by atoms with Gasteiger partial charge in [-0.25, -0.2) is 4.21 Å². The lowest BCUT2D eigenvalue weighted by Crippen LogP contribution is -1.77. The lowest BCUT2D eigenvalue weighted by atomic mass is 10.4. The monoisotopic (exact) mass is 209 g/mol. The number of rotatable bonds is 1. The summed E-state index contributed by atoms with van der Waals surface area (Å²) in [6.45, 7) is 0. The van der Waals surface area contributed by atoms with Crippen molar-refractivity contribution in [1.29, 1.82) is 4.78 Å². The van der Waals surface area contributed by atoms with Gasteiger partial charge >= 0.3 is 0 Å². The van der Waals surface area contributed by atoms with E-state index in [1.165, 1.54) is 18.2 Å². The second-order valence-corrected chi connectivity index (χ2v) is 3.90. The fourth-order valence-electron chi connectivity index (χ4n) is 0.657. The van der Waals surface area contributed by atoms with Gasteiger partial charge in [0.2, 0.25) is 0 Å². The van der Waals surface area contributed by atoms with Gasteiger partial charge < -0.3 is 0 Å². The Morgan fingerprint density at radius 1 is 1.18 bits per heavy atom. The molecule has 1 unspecified atom stereocenters. The van der Waals surface area contributed by atoms with E-state index in [0.717, 1.165) is 0 Å². The van der Waals surface area contributed by atoms with Crippen molar-refractivity contribution in [1.82, 2.24) is 0 Å². The molecule has 0 radical (unpaired) electrons. The minimum Gasteiger partial charge on any atom is -0.251 e. The largest absolute Gasteiger partial charge is 0.251 e. The van der Waals surface area contributed by atoms with Gasteiger partial charge in [0.15, 0.2) is 0 Å². The molecular formula is C6H5Cl2NOS. The van der Waals surface area contributed by atoms with E-state index < -0.39 is 10.6 Å². The number of hydrogen-bond donors (Lipinski definition) is 2. The van der Waals surface area contributed by atoms with E-state index in [-0.39, 0.29) is 0 Å². The van der Waals surface area contributed by atoms with Crippen LogP contribution in [-0.2, 0) is 10.6 Å². The zero-order valence-corrected chi connectivity index (χ0v) is 7.75. The molecule has 5 heteroatoms. The molecule has 1 aromatic carbocycles. The Labute approximate surface area is 76.1 Å². The SMILES string of the molecule is N=[SH](=O)c1cc(Cl)cc(Cl)c1. The molecule has 0 heterocycles. The maximum absolute atomic E-state index is 10.6. The lowest BCUT2D eigenvalue weighted by Gasteiger charge is -1.94. The first-order valence-electron chi connectivity index (χ1n) is 2.74. The van der Waals surface area contributed by atoms with Crippen LogP contribution in [0.3, 0.4) is 0 Å². The minimum atomic E-state index is -2.10. The average molecular weight is 210 g/mol. The molecule has 0 amide bonds. The highest BCUT2D eigenvalue weighted by Crippen LogP contribution is 2.19. The summed E-state index contributed by atoms with van der Waals surface area (Å²) in [5.74, 6) is 0. The van der Waals surface area contributed by atoms with Crippen LogP contribution in [0.5, 0.6) is 0 Å². The summed E-state index contributed by atoms with van der Waals surface area (Å²) in [4.78, 5) is 0.359. The van der Waals surface area contributed by atoms with Crippen LogP contribution < -0.4 is 0 Å². The summed E-state index contributed by atoms with van der Waals surface area (Å²) in [6.07, 6.45) is 0. The molecule has 0 aliphatic carbocycles. The summed E-state index contributed by atoms with van der Waals surface area (Å²) < 4.78 is 17.6. The predicted octanol–water partition coefficient (Wildman–Crippen LogP) is 2.60. The Morgan fingerprint density at radius 2 is 1.64 bits per heavy atom. The third-order valence-corrected chi connectivity index (χ3v) is 2.25. The number of nitrogens with one attached hydrogen (secondary N) is 1. The van der Waals surface area contributed by atoms with Crippen molar-refractivity contribution in [2.75, 3.05) is 0 Å². The fraction of sp³-hybridized carbons (Fsp3) is 0. The Hall–Kier alpha value is -0.250. The minimum absolute atomic E-state index is 0.359. The molecule has 0 aromatic heterocycles. The van der Waals surface area contributed by atoms with Crippen LogP contribution >= 0.6 is 23.2 Å². The van der Waals surface area contributed by atoms with Crippen molar-refractivity contribution in [2.45, 2.75) is 4.90 Å². The summed E-state index contributed by atoms with van der Waals surface area (Å²) in [5.41, 5.74) is 0. The van der Waals surface area contributed by atoms with Crippen LogP contribution in [0, 0.1) is 4.78 Å². The average Bonchev–Trinajstić information content (AvgIpc) is 1.85. The summed E-state index contributed by atoms with van der Waals surface area (Å²) in [6, 6.07) is 4.48. The highest BCUT2D eigenvalue weighted by Gasteiger charge is 1.96. The lowest BCUT2D eigenvalue weighted by molar-refractivity contribution is 0.687. The molecular weight excluding hydrogens is 205 g/mol. The molecule has 0 spiro atoms. The van der Waals surface area contributed by atoms with Crippen LogP contribution in [-0.4, -0.2) is 4.21 Å². The van der Waals surface area contributed by atoms with Gasteiger partial charge in [-0.2, -0.15) is 0 Å². The van der Waals surface area contributed by atoms with Crippen LogP contribution in [0.2, 0.25) is 10.0 Å². The maximum Gasteiger partial charge on any atom is 0.0617 e. The first-order chi connectivity index (χ1) is 5.09. The highest BCUT2D eigenvalue weighted by molar-refractivity contribution is 7.73. The molecule has 1 N–H and O–H groups in total. The van der Waals surface area contributed by atoms with E-state index in [4.69, 9.17) is 28.0 Å². The Morgan fingerprint density at radius 3 is 2.00 bits per heavy atom. The quantitative estimate of drug-likeness (QED) is 0.687. The van der Waals surface area contributed by atoms with Crippen molar-refractivity contribution in [3.63, 3.8) is 0 Å². The van der Waals surface area contributed by atoms with Crippen molar-refractivity contribution >= 4 is 33.8 Å². The molecule has 1 aromatic rings. The van der Waals surface area contributed by atoms with Gasteiger partial charge in [0.1, 0.15) is 0 Å². The number of hydrogen-bond acceptors (Lipinski definition) is 2. The smallest absolute Gasteiger partial charge is 0.0617 e. The molecule has 0 fully saturated rings. The molecule has 1 atom stereocenters. The molecule has 11 heavy (non-hydrogen) atoms. The normalized spacial score (nSPS) is 12.9. The van der Waals surface area contributed by atoms with Crippen molar-refractivity contribution in [2.24, 2.45) is 0 Å². The highest BCUT2D eigenvalue weighted by atomic mass is 35.5. The Balaban J connectivity index is 3.29. The van der Waals surface area contributed by atoms with Crippen LogP contribution in [0.15, 0.2) is 23.1 Å². The van der Waals surface area contributed by atoms with Crippen LogP contribution in [0.1, 0.15) is 0 Å². The second kappa shape index (κ2) is 3.43. The number of halogens is 2. The van der Waals surface area contributed by atoms with Gasteiger partial charge in [-0.15, -0.1) is 0 Å². The van der Waals surface area contributed by atoms with E-state index in [0.29, 0.717) is 14.9 Å². The van der Waals surface area contributed by atoms with Crippen molar-refractivity contribution in [3.8, 4) is 0 Å². The first-order valence-corrected chi connectivity index (χ1v) is 4.76. The Kier molecular flexibility index (Phi) is 2.76. The number of benzene rings is 1. The molecule has 0 saturated carbocycles. The van der Waals surface area contributed by atoms with Gasteiger partial charge in [0.05, 0.1) is 10.6 Å². The molecule has 2 nitrogen and oxygen atoms in total. The van der Waals surface area contributed by atoms with Gasteiger partial charge in [0, 0.05) is 14.9 Å². The van der Waals surface area contributed by atoms with Crippen LogP contribution in [0.4, 0.5) is 0 Å². The topological polar surface area (TPSA) is 40.9 Å². The van der Waals surface area contributed by atoms with Crippen LogP contribution in [0.25, 0.3) is 0 Å². The zero-order valence-electron chi connectivity index (χ0n) is 5.34. The number of thiol groups is 1. The molecule has 0 saturated heterocycles. The summed E-state index contributed by atoms with van der Waals surface area (Å²) in [7, 11) is -2.10. The summed E-state index contributed by atoms with van der Waals surface area (Å²) in [5, 5.41) is 0.811. The zero-order chi connectivity index (χ0) is 8.43. The van der Waals surface area contributed by atoms with Gasteiger partial charge in [-0.3, -0.25) is 4.78 Å². The van der Waals surface area contributed by atoms with Gasteiger partial charge in [-0.05, 0) is 18.2 Å². The molecule has 0 aliphatic heterocycles. The third kappa shape index (κ3) is 2.36. The molecule has 1 rings (SSSR count). The van der Waals surface area contributed by atoms with E-state index in [1.807, 2.05) is 0 Å². The van der Waals surface area contributed by atoms with Crippen molar-refractivity contribution < 1.29 is 4.21 Å². The predicted molar refractivity (Wildman–Crippen MR) is 47.0 cm³/mol. The third-order valence-electron chi connectivity index (χ3n) is 1.08. The molecule has 0 aliphatic rings. The van der Waals surface area contributed by atoms with Gasteiger partial charge in [-0.1, -0.05) is 23.2 Å². The van der Waals surface area contributed by atoms with E-state index in [2.05, 4.69) is 0 Å². The second-order valence-electron chi connectivity index (χ2n) is 1.92. The van der Waals surface area contributed by atoms with Gasteiger partial charge in [0.25, 0.3) is 0 Å². The standard InChI is InChI=1S/C6H5Cl2NOS/c7-4-1-5(8)3-6(2-4)11(9)10/h1-3,9,11H. The first kappa shape index (κ1) is 8.84. The summed E-state index contributed by atoms with van der Waals surface area (Å²) >= 11 is 11.2. The molecule has 60 valence electrons. The van der Waals surface area contributed by atoms with E-state index in [9.17, 15) is 4.21 Å². The van der Waals surface area contributed by atoms with E-state index in [1.54, 1.807) is 0 Å². The molecule has 0 bridgehead atoms.